The number of aliphatic hydroxyl groups excluding tert-OH is 1. The van der Waals surface area contributed by atoms with Crippen LogP contribution >= 0.6 is 0 Å². The molecule has 0 bridgehead atoms. The predicted octanol–water partition coefficient (Wildman–Crippen LogP) is 2.46. The van der Waals surface area contributed by atoms with Crippen LogP contribution in [0.4, 0.5) is 16.2 Å². The lowest BCUT2D eigenvalue weighted by Gasteiger charge is -2.32. The zero-order valence-corrected chi connectivity index (χ0v) is 15.5. The summed E-state index contributed by atoms with van der Waals surface area (Å²) in [4.78, 5) is 28.4. The van der Waals surface area contributed by atoms with Gasteiger partial charge in [0.05, 0.1) is 23.0 Å². The van der Waals surface area contributed by atoms with Gasteiger partial charge in [0.15, 0.2) is 6.23 Å². The maximum Gasteiger partial charge on any atom is 0.416 e. The quantitative estimate of drug-likeness (QED) is 0.763. The lowest BCUT2D eigenvalue weighted by Crippen LogP contribution is -2.50. The Morgan fingerprint density at radius 2 is 2.00 bits per heavy atom. The van der Waals surface area contributed by atoms with E-state index in [2.05, 4.69) is 0 Å². The van der Waals surface area contributed by atoms with Crippen molar-refractivity contribution in [3.63, 3.8) is 0 Å². The molecule has 9 heteroatoms. The number of rotatable bonds is 3. The molecule has 2 unspecified atom stereocenters. The Balaban J connectivity index is 1.71. The van der Waals surface area contributed by atoms with Gasteiger partial charge in [-0.3, -0.25) is 10.0 Å². The number of fused-ring (bicyclic) bond motifs is 2. The van der Waals surface area contributed by atoms with E-state index in [1.165, 1.54) is 23.1 Å². The SMILES string of the molecule is O=C1c2ccc(N([O-])O)cc2N(C(=O)OCc2ccccc2)C(O)C2CCCN12. The molecule has 0 aromatic heterocycles. The number of hydrogen-bond donors (Lipinski definition) is 2. The number of carbonyl (C=O) groups excluding carboxylic acids is 2. The van der Waals surface area contributed by atoms with E-state index in [-0.39, 0.29) is 34.7 Å². The molecule has 2 aliphatic heterocycles. The first-order chi connectivity index (χ1) is 14.0. The Hall–Kier alpha value is -3.14. The second-order valence-corrected chi connectivity index (χ2v) is 7.01. The molecule has 2 aliphatic rings. The molecule has 0 spiro atoms. The van der Waals surface area contributed by atoms with Gasteiger partial charge in [-0.2, -0.15) is 0 Å². The summed E-state index contributed by atoms with van der Waals surface area (Å²) in [6.45, 7) is 0.441. The standard InChI is InChI=1S/C20H20N3O6/c24-18-15-9-8-14(23(27)28)11-17(15)22(19(25)16-7-4-10-21(16)18)20(26)29-12-13-5-2-1-3-6-13/h1-3,5-6,8-9,11,16,19,25,27H,4,7,10,12H2/q-1. The van der Waals surface area contributed by atoms with Crippen LogP contribution in [0.1, 0.15) is 28.8 Å². The number of ether oxygens (including phenoxy) is 1. The van der Waals surface area contributed by atoms with Gasteiger partial charge in [0, 0.05) is 6.54 Å². The minimum Gasteiger partial charge on any atom is -0.733 e. The first-order valence-corrected chi connectivity index (χ1v) is 9.26. The second-order valence-electron chi connectivity index (χ2n) is 7.01. The highest BCUT2D eigenvalue weighted by Gasteiger charge is 2.44. The number of anilines is 2. The first-order valence-electron chi connectivity index (χ1n) is 9.26. The Morgan fingerprint density at radius 3 is 2.72 bits per heavy atom. The molecule has 2 N–H and O–H groups in total. The average Bonchev–Trinajstić information content (AvgIpc) is 3.19. The molecule has 2 amide bonds. The summed E-state index contributed by atoms with van der Waals surface area (Å²) in [5, 5.41) is 31.2. The molecule has 1 saturated heterocycles. The lowest BCUT2D eigenvalue weighted by molar-refractivity contribution is 0.0485. The smallest absolute Gasteiger partial charge is 0.416 e. The van der Waals surface area contributed by atoms with Crippen LogP contribution in [0.2, 0.25) is 0 Å². The Labute approximate surface area is 166 Å². The van der Waals surface area contributed by atoms with E-state index in [0.717, 1.165) is 10.5 Å². The van der Waals surface area contributed by atoms with Crippen molar-refractivity contribution in [1.82, 2.24) is 4.90 Å². The van der Waals surface area contributed by atoms with Gasteiger partial charge in [-0.05, 0) is 36.6 Å². The van der Waals surface area contributed by atoms with Gasteiger partial charge in [-0.1, -0.05) is 30.3 Å². The van der Waals surface area contributed by atoms with Crippen molar-refractivity contribution in [2.75, 3.05) is 16.7 Å². The lowest BCUT2D eigenvalue weighted by atomic mass is 10.1. The molecule has 1 fully saturated rings. The number of benzene rings is 2. The van der Waals surface area contributed by atoms with Crippen molar-refractivity contribution in [3.05, 3.63) is 64.9 Å². The van der Waals surface area contributed by atoms with E-state index in [4.69, 9.17) is 4.74 Å². The van der Waals surface area contributed by atoms with Crippen LogP contribution in [-0.2, 0) is 11.3 Å². The second kappa shape index (κ2) is 7.70. The molecule has 2 aromatic rings. The minimum absolute atomic E-state index is 0.0161. The zero-order chi connectivity index (χ0) is 20.5. The summed E-state index contributed by atoms with van der Waals surface area (Å²) in [6, 6.07) is 12.3. The summed E-state index contributed by atoms with van der Waals surface area (Å²) < 4.78 is 5.38. The third-order valence-electron chi connectivity index (χ3n) is 5.26. The van der Waals surface area contributed by atoms with Crippen LogP contribution in [0, 0.1) is 5.21 Å². The fraction of sp³-hybridized carbons (Fsp3) is 0.300. The summed E-state index contributed by atoms with van der Waals surface area (Å²) in [5.41, 5.74) is 0.753. The normalized spacial score (nSPS) is 20.7. The summed E-state index contributed by atoms with van der Waals surface area (Å²) in [7, 11) is 0. The van der Waals surface area contributed by atoms with Gasteiger partial charge in [-0.25, -0.2) is 9.69 Å². The molecule has 0 saturated carbocycles. The molecule has 9 nitrogen and oxygen atoms in total. The highest BCUT2D eigenvalue weighted by molar-refractivity contribution is 6.05. The van der Waals surface area contributed by atoms with Crippen molar-refractivity contribution in [3.8, 4) is 0 Å². The fourth-order valence-electron chi connectivity index (χ4n) is 3.84. The first kappa shape index (κ1) is 19.2. The Kier molecular flexibility index (Phi) is 5.10. The van der Waals surface area contributed by atoms with E-state index in [1.54, 1.807) is 12.1 Å². The number of nitrogens with zero attached hydrogens (tertiary/aromatic N) is 3. The van der Waals surface area contributed by atoms with Crippen LogP contribution in [0.5, 0.6) is 0 Å². The van der Waals surface area contributed by atoms with Crippen LogP contribution in [0.25, 0.3) is 0 Å². The van der Waals surface area contributed by atoms with E-state index in [0.29, 0.717) is 19.4 Å². The van der Waals surface area contributed by atoms with Crippen LogP contribution < -0.4 is 10.1 Å². The summed E-state index contributed by atoms with van der Waals surface area (Å²) in [6.07, 6.45) is -0.959. The fourth-order valence-corrected chi connectivity index (χ4v) is 3.84. The number of amides is 2. The molecule has 2 aromatic carbocycles. The van der Waals surface area contributed by atoms with E-state index < -0.39 is 18.4 Å². The van der Waals surface area contributed by atoms with Crippen molar-refractivity contribution < 1.29 is 24.6 Å². The van der Waals surface area contributed by atoms with Crippen LogP contribution in [-0.4, -0.2) is 46.0 Å². The largest absolute Gasteiger partial charge is 0.733 e. The summed E-state index contributed by atoms with van der Waals surface area (Å²) >= 11 is 0. The van der Waals surface area contributed by atoms with Crippen molar-refractivity contribution >= 4 is 23.4 Å². The molecule has 29 heavy (non-hydrogen) atoms. The molecule has 2 heterocycles. The zero-order valence-electron chi connectivity index (χ0n) is 15.5. The highest BCUT2D eigenvalue weighted by atomic mass is 16.8. The number of carbonyl (C=O) groups is 2. The molecule has 0 aliphatic carbocycles. The van der Waals surface area contributed by atoms with Crippen LogP contribution in [0.15, 0.2) is 48.5 Å². The van der Waals surface area contributed by atoms with Crippen LogP contribution in [0.3, 0.4) is 0 Å². The Morgan fingerprint density at radius 1 is 1.24 bits per heavy atom. The third-order valence-corrected chi connectivity index (χ3v) is 5.26. The molecular weight excluding hydrogens is 378 g/mol. The highest BCUT2D eigenvalue weighted by Crippen LogP contribution is 2.37. The molecular formula is C20H20N3O6-. The van der Waals surface area contributed by atoms with Gasteiger partial charge in [0.2, 0.25) is 0 Å². The maximum absolute atomic E-state index is 13.0. The average molecular weight is 398 g/mol. The third kappa shape index (κ3) is 3.51. The van der Waals surface area contributed by atoms with Crippen molar-refractivity contribution in [2.24, 2.45) is 0 Å². The predicted molar refractivity (Wildman–Crippen MR) is 103 cm³/mol. The van der Waals surface area contributed by atoms with E-state index in [9.17, 15) is 25.1 Å². The number of hydrogen-bond acceptors (Lipinski definition) is 7. The van der Waals surface area contributed by atoms with Gasteiger partial charge >= 0.3 is 6.09 Å². The van der Waals surface area contributed by atoms with E-state index >= 15 is 0 Å². The van der Waals surface area contributed by atoms with Gasteiger partial charge in [0.25, 0.3) is 5.91 Å². The molecule has 0 radical (unpaired) electrons. The molecule has 152 valence electrons. The Bertz CT molecular complexity index is 920. The minimum atomic E-state index is -1.35. The van der Waals surface area contributed by atoms with E-state index in [1.807, 2.05) is 18.2 Å². The van der Waals surface area contributed by atoms with Crippen molar-refractivity contribution in [2.45, 2.75) is 31.7 Å². The maximum atomic E-state index is 13.0. The summed E-state index contributed by atoms with van der Waals surface area (Å²) in [5.74, 6) is -0.346. The monoisotopic (exact) mass is 398 g/mol. The van der Waals surface area contributed by atoms with Gasteiger partial charge < -0.3 is 25.2 Å². The van der Waals surface area contributed by atoms with Gasteiger partial charge in [-0.15, -0.1) is 0 Å². The van der Waals surface area contributed by atoms with Gasteiger partial charge in [0.1, 0.15) is 6.61 Å². The van der Waals surface area contributed by atoms with Crippen molar-refractivity contribution in [1.29, 1.82) is 0 Å². The molecule has 4 rings (SSSR count). The topological polar surface area (TPSA) is 117 Å². The number of aliphatic hydroxyl groups is 1. The molecule has 2 atom stereocenters.